The lowest BCUT2D eigenvalue weighted by atomic mass is 9.82. The highest BCUT2D eigenvalue weighted by atomic mass is 79.9. The summed E-state index contributed by atoms with van der Waals surface area (Å²) in [7, 11) is 1.70. The maximum atomic E-state index is 13.3. The predicted octanol–water partition coefficient (Wildman–Crippen LogP) is 2.43. The van der Waals surface area contributed by atoms with E-state index in [0.717, 1.165) is 12.8 Å². The molecule has 1 aromatic carbocycles. The minimum atomic E-state index is -0.437. The lowest BCUT2D eigenvalue weighted by molar-refractivity contribution is 0.0265. The van der Waals surface area contributed by atoms with Gasteiger partial charge in [0.05, 0.1) is 10.6 Å². The third-order valence-corrected chi connectivity index (χ3v) is 3.90. The first-order valence-corrected chi connectivity index (χ1v) is 6.65. The van der Waals surface area contributed by atoms with Crippen LogP contribution in [0.5, 0.6) is 0 Å². The van der Waals surface area contributed by atoms with Crippen LogP contribution in [0.2, 0.25) is 0 Å². The molecule has 0 aliphatic heterocycles. The molecule has 0 heterocycles. The normalized spacial score (nSPS) is 22.4. The Hall–Kier alpha value is -0.940. The van der Waals surface area contributed by atoms with Crippen molar-refractivity contribution in [3.63, 3.8) is 0 Å². The van der Waals surface area contributed by atoms with Crippen molar-refractivity contribution in [1.29, 1.82) is 0 Å². The first kappa shape index (κ1) is 13.5. The fourth-order valence-corrected chi connectivity index (χ4v) is 2.42. The third-order valence-electron chi connectivity index (χ3n) is 3.26. The molecule has 0 bridgehead atoms. The molecule has 1 fully saturated rings. The Kier molecular flexibility index (Phi) is 4.02. The molecular weight excluding hydrogens is 301 g/mol. The Labute approximate surface area is 114 Å². The second-order valence-corrected chi connectivity index (χ2v) is 5.66. The smallest absolute Gasteiger partial charge is 0.253 e. The quantitative estimate of drug-likeness (QED) is 0.930. The zero-order valence-corrected chi connectivity index (χ0v) is 11.7. The Morgan fingerprint density at radius 1 is 1.56 bits per heavy atom. The molecule has 3 nitrogen and oxygen atoms in total. The molecule has 1 N–H and O–H groups in total. The van der Waals surface area contributed by atoms with Gasteiger partial charge in [0.1, 0.15) is 5.82 Å². The van der Waals surface area contributed by atoms with Gasteiger partial charge in [-0.05, 0) is 52.9 Å². The number of halogens is 2. The molecule has 0 unspecified atom stereocenters. The predicted molar refractivity (Wildman–Crippen MR) is 69.8 cm³/mol. The summed E-state index contributed by atoms with van der Waals surface area (Å²) in [5.41, 5.74) is 0.345. The summed E-state index contributed by atoms with van der Waals surface area (Å²) in [6.45, 7) is 0.605. The summed E-state index contributed by atoms with van der Waals surface area (Å²) in [6.07, 6.45) is 1.27. The van der Waals surface area contributed by atoms with E-state index in [9.17, 15) is 14.3 Å². The second kappa shape index (κ2) is 5.36. The van der Waals surface area contributed by atoms with Crippen LogP contribution in [0.25, 0.3) is 0 Å². The molecule has 1 amide bonds. The van der Waals surface area contributed by atoms with Crippen LogP contribution in [0, 0.1) is 11.7 Å². The monoisotopic (exact) mass is 315 g/mol. The van der Waals surface area contributed by atoms with E-state index in [1.807, 2.05) is 0 Å². The van der Waals surface area contributed by atoms with Crippen LogP contribution < -0.4 is 0 Å². The Bertz CT molecular complexity index is 460. The molecule has 1 saturated carbocycles. The molecule has 0 atom stereocenters. The molecule has 1 aliphatic carbocycles. The zero-order chi connectivity index (χ0) is 13.3. The van der Waals surface area contributed by atoms with Crippen LogP contribution in [0.15, 0.2) is 22.7 Å². The zero-order valence-electron chi connectivity index (χ0n) is 10.1. The van der Waals surface area contributed by atoms with E-state index in [4.69, 9.17) is 0 Å². The van der Waals surface area contributed by atoms with Gasteiger partial charge in [-0.2, -0.15) is 0 Å². The van der Waals surface area contributed by atoms with Crippen LogP contribution in [0.4, 0.5) is 4.39 Å². The van der Waals surface area contributed by atoms with Gasteiger partial charge in [0.15, 0.2) is 0 Å². The van der Waals surface area contributed by atoms with Crippen LogP contribution in [0.3, 0.4) is 0 Å². The van der Waals surface area contributed by atoms with Gasteiger partial charge in [0.2, 0.25) is 0 Å². The number of rotatable bonds is 3. The van der Waals surface area contributed by atoms with Gasteiger partial charge in [-0.25, -0.2) is 4.39 Å². The maximum Gasteiger partial charge on any atom is 0.253 e. The Morgan fingerprint density at radius 2 is 2.22 bits per heavy atom. The number of hydrogen-bond acceptors (Lipinski definition) is 2. The minimum Gasteiger partial charge on any atom is -0.393 e. The van der Waals surface area contributed by atoms with Crippen molar-refractivity contribution in [3.8, 4) is 0 Å². The number of nitrogens with zero attached hydrogens (tertiary/aromatic N) is 1. The van der Waals surface area contributed by atoms with Crippen molar-refractivity contribution in [2.24, 2.45) is 5.92 Å². The van der Waals surface area contributed by atoms with E-state index >= 15 is 0 Å². The van der Waals surface area contributed by atoms with Gasteiger partial charge in [-0.3, -0.25) is 4.79 Å². The first-order chi connectivity index (χ1) is 8.47. The van der Waals surface area contributed by atoms with Crippen LogP contribution in [-0.2, 0) is 0 Å². The maximum absolute atomic E-state index is 13.3. The van der Waals surface area contributed by atoms with Gasteiger partial charge in [0, 0.05) is 19.2 Å². The van der Waals surface area contributed by atoms with Crippen LogP contribution >= 0.6 is 15.9 Å². The Morgan fingerprint density at radius 3 is 2.78 bits per heavy atom. The highest BCUT2D eigenvalue weighted by Crippen LogP contribution is 2.28. The molecule has 1 aromatic rings. The van der Waals surface area contributed by atoms with Crippen molar-refractivity contribution >= 4 is 21.8 Å². The summed E-state index contributed by atoms with van der Waals surface area (Å²) >= 11 is 3.06. The number of aliphatic hydroxyl groups excluding tert-OH is 1. The fourth-order valence-electron chi connectivity index (χ4n) is 2.17. The number of hydrogen-bond donors (Lipinski definition) is 1. The van der Waals surface area contributed by atoms with E-state index in [0.29, 0.717) is 22.5 Å². The summed E-state index contributed by atoms with van der Waals surface area (Å²) in [5.74, 6) is -0.273. The molecule has 0 spiro atoms. The average Bonchev–Trinajstić information content (AvgIpc) is 2.29. The van der Waals surface area contributed by atoms with E-state index in [-0.39, 0.29) is 12.0 Å². The van der Waals surface area contributed by atoms with Crippen molar-refractivity contribution in [2.45, 2.75) is 18.9 Å². The van der Waals surface area contributed by atoms with Crippen molar-refractivity contribution in [3.05, 3.63) is 34.1 Å². The molecule has 0 radical (unpaired) electrons. The summed E-state index contributed by atoms with van der Waals surface area (Å²) in [4.78, 5) is 13.6. The van der Waals surface area contributed by atoms with Gasteiger partial charge in [0.25, 0.3) is 5.91 Å². The third kappa shape index (κ3) is 2.90. The van der Waals surface area contributed by atoms with Crippen molar-refractivity contribution < 1.29 is 14.3 Å². The second-order valence-electron chi connectivity index (χ2n) is 4.81. The molecule has 0 aromatic heterocycles. The van der Waals surface area contributed by atoms with Crippen molar-refractivity contribution in [1.82, 2.24) is 4.90 Å². The van der Waals surface area contributed by atoms with Crippen LogP contribution in [0.1, 0.15) is 23.2 Å². The number of amides is 1. The molecule has 2 rings (SSSR count). The average molecular weight is 316 g/mol. The lowest BCUT2D eigenvalue weighted by Gasteiger charge is -2.34. The largest absolute Gasteiger partial charge is 0.393 e. The minimum absolute atomic E-state index is 0.192. The first-order valence-electron chi connectivity index (χ1n) is 5.86. The number of carbonyl (C=O) groups excluding carboxylic acids is 1. The molecule has 98 valence electrons. The standard InChI is InChI=1S/C13H15BrFNO2/c1-16(7-8-4-10(17)5-8)13(18)9-2-3-11(14)12(15)6-9/h2-3,6,8,10,17H,4-5,7H2,1H3. The summed E-state index contributed by atoms with van der Waals surface area (Å²) in [5, 5.41) is 9.20. The molecule has 1 aliphatic rings. The van der Waals surface area contributed by atoms with E-state index in [2.05, 4.69) is 15.9 Å². The van der Waals surface area contributed by atoms with E-state index in [1.54, 1.807) is 18.0 Å². The Balaban J connectivity index is 1.99. The number of carbonyl (C=O) groups is 1. The van der Waals surface area contributed by atoms with E-state index < -0.39 is 5.82 Å². The fraction of sp³-hybridized carbons (Fsp3) is 0.462. The molecule has 18 heavy (non-hydrogen) atoms. The molecule has 0 saturated heterocycles. The van der Waals surface area contributed by atoms with Crippen LogP contribution in [-0.4, -0.2) is 35.6 Å². The molecular formula is C13H15BrFNO2. The van der Waals surface area contributed by atoms with Gasteiger partial charge in [-0.15, -0.1) is 0 Å². The van der Waals surface area contributed by atoms with Crippen molar-refractivity contribution in [2.75, 3.05) is 13.6 Å². The van der Waals surface area contributed by atoms with Gasteiger partial charge in [-0.1, -0.05) is 0 Å². The topological polar surface area (TPSA) is 40.5 Å². The highest BCUT2D eigenvalue weighted by Gasteiger charge is 2.29. The molecule has 5 heteroatoms. The SMILES string of the molecule is CN(CC1CC(O)C1)C(=O)c1ccc(Br)c(F)c1. The lowest BCUT2D eigenvalue weighted by Crippen LogP contribution is -2.39. The summed E-state index contributed by atoms with van der Waals surface area (Å²) < 4.78 is 13.7. The number of benzene rings is 1. The van der Waals surface area contributed by atoms with Gasteiger partial charge < -0.3 is 10.0 Å². The van der Waals surface area contributed by atoms with Gasteiger partial charge >= 0.3 is 0 Å². The van der Waals surface area contributed by atoms with E-state index in [1.165, 1.54) is 12.1 Å². The number of aliphatic hydroxyl groups is 1. The summed E-state index contributed by atoms with van der Waals surface area (Å²) in [6, 6.07) is 4.36. The highest BCUT2D eigenvalue weighted by molar-refractivity contribution is 9.10.